The second-order valence-corrected chi connectivity index (χ2v) is 5.71. The number of rotatable bonds is 4. The number of nitrogens with one attached hydrogen (secondary N) is 2. The van der Waals surface area contributed by atoms with Crippen molar-refractivity contribution in [2.75, 3.05) is 18.4 Å². The third kappa shape index (κ3) is 3.60. The first-order valence-corrected chi connectivity index (χ1v) is 7.76. The Labute approximate surface area is 130 Å². The van der Waals surface area contributed by atoms with Gasteiger partial charge in [0.15, 0.2) is 0 Å². The summed E-state index contributed by atoms with van der Waals surface area (Å²) in [6.07, 6.45) is 2.32. The van der Waals surface area contributed by atoms with Crippen LogP contribution in [0.25, 0.3) is 0 Å². The summed E-state index contributed by atoms with van der Waals surface area (Å²) in [6, 6.07) is 8.78. The Balaban J connectivity index is 1.73. The van der Waals surface area contributed by atoms with Gasteiger partial charge in [-0.25, -0.2) is 14.4 Å². The zero-order valence-corrected chi connectivity index (χ0v) is 12.8. The van der Waals surface area contributed by atoms with Gasteiger partial charge in [0.05, 0.1) is 5.69 Å². The fourth-order valence-corrected chi connectivity index (χ4v) is 2.82. The quantitative estimate of drug-likeness (QED) is 0.911. The molecular formula is C17H21FN4. The molecule has 0 spiro atoms. The molecule has 4 nitrogen and oxygen atoms in total. The number of anilines is 1. The maximum atomic E-state index is 13.7. The SMILES string of the molecule is Cc1nc(NCc2ccccc2F)cc([C@@H]2CCCNC2)n1. The lowest BCUT2D eigenvalue weighted by atomic mass is 9.96. The number of benzene rings is 1. The third-order valence-electron chi connectivity index (χ3n) is 3.99. The average Bonchev–Trinajstić information content (AvgIpc) is 2.54. The van der Waals surface area contributed by atoms with Gasteiger partial charge in [-0.2, -0.15) is 0 Å². The molecule has 1 aliphatic rings. The lowest BCUT2D eigenvalue weighted by molar-refractivity contribution is 0.453. The van der Waals surface area contributed by atoms with Crippen LogP contribution in [0.2, 0.25) is 0 Å². The van der Waals surface area contributed by atoms with Crippen molar-refractivity contribution < 1.29 is 4.39 Å². The summed E-state index contributed by atoms with van der Waals surface area (Å²) in [4.78, 5) is 8.97. The summed E-state index contributed by atoms with van der Waals surface area (Å²) in [7, 11) is 0. The van der Waals surface area contributed by atoms with Crippen molar-refractivity contribution in [2.24, 2.45) is 0 Å². The highest BCUT2D eigenvalue weighted by atomic mass is 19.1. The molecule has 2 heterocycles. The lowest BCUT2D eigenvalue weighted by Gasteiger charge is -2.22. The van der Waals surface area contributed by atoms with Crippen molar-refractivity contribution in [3.05, 3.63) is 53.2 Å². The van der Waals surface area contributed by atoms with Gasteiger partial charge in [0.1, 0.15) is 17.5 Å². The molecule has 22 heavy (non-hydrogen) atoms. The van der Waals surface area contributed by atoms with E-state index in [0.717, 1.165) is 36.8 Å². The molecule has 116 valence electrons. The van der Waals surface area contributed by atoms with Crippen LogP contribution in [0.3, 0.4) is 0 Å². The molecule has 5 heteroatoms. The third-order valence-corrected chi connectivity index (χ3v) is 3.99. The highest BCUT2D eigenvalue weighted by molar-refractivity contribution is 5.38. The number of aromatic nitrogens is 2. The predicted molar refractivity (Wildman–Crippen MR) is 85.3 cm³/mol. The molecular weight excluding hydrogens is 279 g/mol. The minimum atomic E-state index is -0.197. The zero-order chi connectivity index (χ0) is 15.4. The number of piperidine rings is 1. The Morgan fingerprint density at radius 1 is 1.32 bits per heavy atom. The van der Waals surface area contributed by atoms with Crippen LogP contribution in [0.4, 0.5) is 10.2 Å². The van der Waals surface area contributed by atoms with Crippen LogP contribution in [0, 0.1) is 12.7 Å². The molecule has 0 radical (unpaired) electrons. The fraction of sp³-hybridized carbons (Fsp3) is 0.412. The van der Waals surface area contributed by atoms with E-state index in [1.807, 2.05) is 19.1 Å². The first-order valence-electron chi connectivity index (χ1n) is 7.76. The van der Waals surface area contributed by atoms with E-state index in [-0.39, 0.29) is 5.82 Å². The maximum Gasteiger partial charge on any atom is 0.130 e. The average molecular weight is 300 g/mol. The Bertz CT molecular complexity index is 638. The second-order valence-electron chi connectivity index (χ2n) is 5.71. The molecule has 0 amide bonds. The summed E-state index contributed by atoms with van der Waals surface area (Å²) in [5.41, 5.74) is 1.70. The van der Waals surface area contributed by atoms with Crippen LogP contribution in [0.1, 0.15) is 35.8 Å². The van der Waals surface area contributed by atoms with Gasteiger partial charge in [-0.05, 0) is 32.4 Å². The number of aryl methyl sites for hydroxylation is 1. The topological polar surface area (TPSA) is 49.8 Å². The molecule has 0 bridgehead atoms. The van der Waals surface area contributed by atoms with E-state index < -0.39 is 0 Å². The van der Waals surface area contributed by atoms with Crippen LogP contribution in [-0.2, 0) is 6.54 Å². The van der Waals surface area contributed by atoms with Crippen molar-refractivity contribution in [3.8, 4) is 0 Å². The van der Waals surface area contributed by atoms with Crippen LogP contribution in [0.5, 0.6) is 0 Å². The number of halogens is 1. The van der Waals surface area contributed by atoms with Gasteiger partial charge < -0.3 is 10.6 Å². The van der Waals surface area contributed by atoms with Crippen molar-refractivity contribution in [3.63, 3.8) is 0 Å². The van der Waals surface area contributed by atoms with Crippen molar-refractivity contribution in [1.29, 1.82) is 0 Å². The Morgan fingerprint density at radius 2 is 2.18 bits per heavy atom. The number of hydrogen-bond donors (Lipinski definition) is 2. The predicted octanol–water partition coefficient (Wildman–Crippen LogP) is 3.00. The van der Waals surface area contributed by atoms with E-state index in [1.165, 1.54) is 12.5 Å². The number of hydrogen-bond acceptors (Lipinski definition) is 4. The van der Waals surface area contributed by atoms with E-state index in [2.05, 4.69) is 20.6 Å². The molecule has 0 aliphatic carbocycles. The summed E-state index contributed by atoms with van der Waals surface area (Å²) >= 11 is 0. The lowest BCUT2D eigenvalue weighted by Crippen LogP contribution is -2.29. The van der Waals surface area contributed by atoms with Gasteiger partial charge in [-0.15, -0.1) is 0 Å². The Kier molecular flexibility index (Phi) is 4.63. The van der Waals surface area contributed by atoms with Crippen molar-refractivity contribution in [1.82, 2.24) is 15.3 Å². The molecule has 3 rings (SSSR count). The van der Waals surface area contributed by atoms with E-state index in [4.69, 9.17) is 0 Å². The molecule has 1 atom stereocenters. The van der Waals surface area contributed by atoms with Crippen molar-refractivity contribution in [2.45, 2.75) is 32.2 Å². The molecule has 1 saturated heterocycles. The molecule has 1 fully saturated rings. The van der Waals surface area contributed by atoms with Gasteiger partial charge in [0.25, 0.3) is 0 Å². The monoisotopic (exact) mass is 300 g/mol. The first kappa shape index (κ1) is 14.9. The second kappa shape index (κ2) is 6.83. The molecule has 2 N–H and O–H groups in total. The van der Waals surface area contributed by atoms with E-state index in [9.17, 15) is 4.39 Å². The maximum absolute atomic E-state index is 13.7. The van der Waals surface area contributed by atoms with Gasteiger partial charge in [-0.3, -0.25) is 0 Å². The van der Waals surface area contributed by atoms with Crippen LogP contribution >= 0.6 is 0 Å². The van der Waals surface area contributed by atoms with Gasteiger partial charge in [-0.1, -0.05) is 18.2 Å². The molecule has 1 aromatic heterocycles. The van der Waals surface area contributed by atoms with Crippen LogP contribution in [-0.4, -0.2) is 23.1 Å². The van der Waals surface area contributed by atoms with E-state index in [1.54, 1.807) is 12.1 Å². The van der Waals surface area contributed by atoms with Gasteiger partial charge in [0.2, 0.25) is 0 Å². The van der Waals surface area contributed by atoms with Crippen LogP contribution in [0.15, 0.2) is 30.3 Å². The summed E-state index contributed by atoms with van der Waals surface area (Å²) in [5, 5.41) is 6.62. The summed E-state index contributed by atoms with van der Waals surface area (Å²) < 4.78 is 13.7. The minimum absolute atomic E-state index is 0.197. The van der Waals surface area contributed by atoms with Gasteiger partial charge in [0, 0.05) is 30.6 Å². The fourth-order valence-electron chi connectivity index (χ4n) is 2.82. The summed E-state index contributed by atoms with van der Waals surface area (Å²) in [5.74, 6) is 1.75. The Morgan fingerprint density at radius 3 is 2.95 bits per heavy atom. The zero-order valence-electron chi connectivity index (χ0n) is 12.8. The highest BCUT2D eigenvalue weighted by Gasteiger charge is 2.17. The van der Waals surface area contributed by atoms with E-state index in [0.29, 0.717) is 18.0 Å². The normalized spacial score (nSPS) is 18.2. The molecule has 0 unspecified atom stereocenters. The first-order chi connectivity index (χ1) is 10.7. The largest absolute Gasteiger partial charge is 0.366 e. The van der Waals surface area contributed by atoms with Crippen LogP contribution < -0.4 is 10.6 Å². The Hall–Kier alpha value is -2.01. The van der Waals surface area contributed by atoms with Crippen molar-refractivity contribution >= 4 is 5.82 Å². The smallest absolute Gasteiger partial charge is 0.130 e. The molecule has 1 aliphatic heterocycles. The molecule has 2 aromatic rings. The minimum Gasteiger partial charge on any atom is -0.366 e. The number of nitrogens with zero attached hydrogens (tertiary/aromatic N) is 2. The van der Waals surface area contributed by atoms with E-state index >= 15 is 0 Å². The molecule has 0 saturated carbocycles. The summed E-state index contributed by atoms with van der Waals surface area (Å²) in [6.45, 7) is 4.36. The van der Waals surface area contributed by atoms with Gasteiger partial charge >= 0.3 is 0 Å². The molecule has 1 aromatic carbocycles. The standard InChI is InChI=1S/C17H21FN4/c1-12-21-16(14-6-4-8-19-10-14)9-17(22-12)20-11-13-5-2-3-7-15(13)18/h2-3,5,7,9,14,19H,4,6,8,10-11H2,1H3,(H,20,21,22)/t14-/m1/s1. The highest BCUT2D eigenvalue weighted by Crippen LogP contribution is 2.23.